The SMILES string of the molecule is CCN(Cc1ccccn1)c1cccc(CCl)n1. The second kappa shape index (κ2) is 6.36. The zero-order chi connectivity index (χ0) is 12.8. The summed E-state index contributed by atoms with van der Waals surface area (Å²) >= 11 is 5.81. The smallest absolute Gasteiger partial charge is 0.129 e. The van der Waals surface area contributed by atoms with Crippen molar-refractivity contribution in [2.75, 3.05) is 11.4 Å². The summed E-state index contributed by atoms with van der Waals surface area (Å²) in [7, 11) is 0. The van der Waals surface area contributed by atoms with Crippen LogP contribution >= 0.6 is 11.6 Å². The topological polar surface area (TPSA) is 29.0 Å². The van der Waals surface area contributed by atoms with Crippen LogP contribution < -0.4 is 4.90 Å². The minimum absolute atomic E-state index is 0.439. The van der Waals surface area contributed by atoms with Crippen LogP contribution in [0.15, 0.2) is 42.6 Å². The van der Waals surface area contributed by atoms with Crippen LogP contribution in [-0.2, 0) is 12.4 Å². The molecule has 4 heteroatoms. The molecule has 0 saturated heterocycles. The molecule has 0 N–H and O–H groups in total. The fourth-order valence-corrected chi connectivity index (χ4v) is 1.91. The zero-order valence-electron chi connectivity index (χ0n) is 10.4. The van der Waals surface area contributed by atoms with Crippen LogP contribution in [0.2, 0.25) is 0 Å². The molecule has 18 heavy (non-hydrogen) atoms. The Bertz CT molecular complexity index is 487. The standard InChI is InChI=1S/C14H16ClN3/c1-2-18(11-13-6-3-4-9-16-13)14-8-5-7-12(10-15)17-14/h3-9H,2,10-11H2,1H3. The summed E-state index contributed by atoms with van der Waals surface area (Å²) in [6.45, 7) is 3.75. The van der Waals surface area contributed by atoms with Crippen LogP contribution in [-0.4, -0.2) is 16.5 Å². The monoisotopic (exact) mass is 261 g/mol. The number of hydrogen-bond donors (Lipinski definition) is 0. The van der Waals surface area contributed by atoms with E-state index in [1.807, 2.05) is 42.6 Å². The third-order valence-electron chi connectivity index (χ3n) is 2.71. The van der Waals surface area contributed by atoms with Gasteiger partial charge in [-0.25, -0.2) is 4.98 Å². The van der Waals surface area contributed by atoms with E-state index in [4.69, 9.17) is 11.6 Å². The van der Waals surface area contributed by atoms with Gasteiger partial charge in [-0.3, -0.25) is 4.98 Å². The van der Waals surface area contributed by atoms with Crippen molar-refractivity contribution in [1.29, 1.82) is 0 Å². The average molecular weight is 262 g/mol. The van der Waals surface area contributed by atoms with Gasteiger partial charge in [-0.05, 0) is 31.2 Å². The molecule has 0 atom stereocenters. The highest BCUT2D eigenvalue weighted by Gasteiger charge is 2.07. The molecule has 0 bridgehead atoms. The first-order valence-electron chi connectivity index (χ1n) is 6.00. The molecule has 2 heterocycles. The molecular weight excluding hydrogens is 246 g/mol. The predicted molar refractivity (Wildman–Crippen MR) is 74.8 cm³/mol. The molecule has 0 radical (unpaired) electrons. The lowest BCUT2D eigenvalue weighted by Gasteiger charge is -2.21. The Morgan fingerprint density at radius 3 is 2.61 bits per heavy atom. The minimum Gasteiger partial charge on any atom is -0.351 e. The summed E-state index contributed by atoms with van der Waals surface area (Å²) in [5.41, 5.74) is 1.94. The number of nitrogens with zero attached hydrogens (tertiary/aromatic N) is 3. The Balaban J connectivity index is 2.17. The lowest BCUT2D eigenvalue weighted by molar-refractivity contribution is 0.791. The van der Waals surface area contributed by atoms with Crippen LogP contribution in [0.3, 0.4) is 0 Å². The number of halogens is 1. The number of hydrogen-bond acceptors (Lipinski definition) is 3. The van der Waals surface area contributed by atoms with Gasteiger partial charge in [0.25, 0.3) is 0 Å². The second-order valence-electron chi connectivity index (χ2n) is 3.96. The fraction of sp³-hybridized carbons (Fsp3) is 0.286. The number of alkyl halides is 1. The van der Waals surface area contributed by atoms with Gasteiger partial charge in [-0.2, -0.15) is 0 Å². The molecule has 2 rings (SSSR count). The largest absolute Gasteiger partial charge is 0.351 e. The van der Waals surface area contributed by atoms with Crippen molar-refractivity contribution in [2.24, 2.45) is 0 Å². The molecule has 0 unspecified atom stereocenters. The molecular formula is C14H16ClN3. The molecule has 2 aromatic rings. The quantitative estimate of drug-likeness (QED) is 0.774. The first-order chi connectivity index (χ1) is 8.83. The number of pyridine rings is 2. The van der Waals surface area contributed by atoms with Crippen molar-refractivity contribution in [3.05, 3.63) is 54.0 Å². The number of anilines is 1. The number of rotatable bonds is 5. The van der Waals surface area contributed by atoms with E-state index in [1.165, 1.54) is 0 Å². The van der Waals surface area contributed by atoms with Crippen molar-refractivity contribution in [2.45, 2.75) is 19.3 Å². The molecule has 0 fully saturated rings. The summed E-state index contributed by atoms with van der Waals surface area (Å²) in [6.07, 6.45) is 1.81. The Labute approximate surface area is 112 Å². The van der Waals surface area contributed by atoms with Crippen LogP contribution in [0.4, 0.5) is 5.82 Å². The van der Waals surface area contributed by atoms with Gasteiger partial charge in [-0.15, -0.1) is 11.6 Å². The lowest BCUT2D eigenvalue weighted by Crippen LogP contribution is -2.23. The zero-order valence-corrected chi connectivity index (χ0v) is 11.1. The van der Waals surface area contributed by atoms with Crippen molar-refractivity contribution in [3.63, 3.8) is 0 Å². The molecule has 2 aromatic heterocycles. The molecule has 0 amide bonds. The van der Waals surface area contributed by atoms with Gasteiger partial charge in [0.1, 0.15) is 5.82 Å². The summed E-state index contributed by atoms with van der Waals surface area (Å²) in [5, 5.41) is 0. The summed E-state index contributed by atoms with van der Waals surface area (Å²) in [4.78, 5) is 11.0. The van der Waals surface area contributed by atoms with Gasteiger partial charge in [0.05, 0.1) is 23.8 Å². The molecule has 0 aliphatic heterocycles. The highest BCUT2D eigenvalue weighted by Crippen LogP contribution is 2.14. The molecule has 3 nitrogen and oxygen atoms in total. The second-order valence-corrected chi connectivity index (χ2v) is 4.22. The maximum atomic E-state index is 5.81. The maximum Gasteiger partial charge on any atom is 0.129 e. The van der Waals surface area contributed by atoms with Crippen molar-refractivity contribution in [3.8, 4) is 0 Å². The third-order valence-corrected chi connectivity index (χ3v) is 2.99. The normalized spacial score (nSPS) is 10.3. The van der Waals surface area contributed by atoms with Crippen LogP contribution in [0.5, 0.6) is 0 Å². The van der Waals surface area contributed by atoms with E-state index >= 15 is 0 Å². The molecule has 0 aliphatic carbocycles. The fourth-order valence-electron chi connectivity index (χ4n) is 1.76. The van der Waals surface area contributed by atoms with E-state index < -0.39 is 0 Å². The van der Waals surface area contributed by atoms with E-state index in [1.54, 1.807) is 0 Å². The molecule has 0 spiro atoms. The van der Waals surface area contributed by atoms with Gasteiger partial charge in [-0.1, -0.05) is 12.1 Å². The first-order valence-corrected chi connectivity index (χ1v) is 6.53. The first kappa shape index (κ1) is 12.8. The lowest BCUT2D eigenvalue weighted by atomic mass is 10.3. The maximum absolute atomic E-state index is 5.81. The molecule has 0 saturated carbocycles. The van der Waals surface area contributed by atoms with E-state index in [2.05, 4.69) is 21.8 Å². The summed E-state index contributed by atoms with van der Waals surface area (Å²) in [5.74, 6) is 1.39. The van der Waals surface area contributed by atoms with Gasteiger partial charge < -0.3 is 4.90 Å². The van der Waals surface area contributed by atoms with Gasteiger partial charge >= 0.3 is 0 Å². The number of aromatic nitrogens is 2. The van der Waals surface area contributed by atoms with Crippen molar-refractivity contribution in [1.82, 2.24) is 9.97 Å². The van der Waals surface area contributed by atoms with Crippen molar-refractivity contribution >= 4 is 17.4 Å². The van der Waals surface area contributed by atoms with E-state index in [9.17, 15) is 0 Å². The van der Waals surface area contributed by atoms with Gasteiger partial charge in [0.2, 0.25) is 0 Å². The van der Waals surface area contributed by atoms with E-state index in [-0.39, 0.29) is 0 Å². The van der Waals surface area contributed by atoms with Crippen LogP contribution in [0.25, 0.3) is 0 Å². The minimum atomic E-state index is 0.439. The molecule has 0 aromatic carbocycles. The Morgan fingerprint density at radius 2 is 1.94 bits per heavy atom. The average Bonchev–Trinajstić information content (AvgIpc) is 2.46. The summed E-state index contributed by atoms with van der Waals surface area (Å²) in [6, 6.07) is 11.9. The molecule has 0 aliphatic rings. The van der Waals surface area contributed by atoms with Crippen LogP contribution in [0, 0.1) is 0 Å². The summed E-state index contributed by atoms with van der Waals surface area (Å²) < 4.78 is 0. The van der Waals surface area contributed by atoms with E-state index in [0.717, 1.165) is 30.3 Å². The highest BCUT2D eigenvalue weighted by atomic mass is 35.5. The van der Waals surface area contributed by atoms with E-state index in [0.29, 0.717) is 5.88 Å². The third kappa shape index (κ3) is 3.20. The Kier molecular flexibility index (Phi) is 4.53. The molecule has 94 valence electrons. The predicted octanol–water partition coefficient (Wildman–Crippen LogP) is 3.24. The van der Waals surface area contributed by atoms with Crippen LogP contribution in [0.1, 0.15) is 18.3 Å². The van der Waals surface area contributed by atoms with Crippen molar-refractivity contribution < 1.29 is 0 Å². The highest BCUT2D eigenvalue weighted by molar-refractivity contribution is 6.16. The van der Waals surface area contributed by atoms with Gasteiger partial charge in [0, 0.05) is 12.7 Å². The van der Waals surface area contributed by atoms with Gasteiger partial charge in [0.15, 0.2) is 0 Å². The Hall–Kier alpha value is -1.61. The Morgan fingerprint density at radius 1 is 1.11 bits per heavy atom.